The van der Waals surface area contributed by atoms with Crippen LogP contribution in [-0.2, 0) is 0 Å². The van der Waals surface area contributed by atoms with Crippen molar-refractivity contribution in [1.82, 2.24) is 4.90 Å². The van der Waals surface area contributed by atoms with E-state index in [9.17, 15) is 4.39 Å². The highest BCUT2D eigenvalue weighted by molar-refractivity contribution is 7.98. The van der Waals surface area contributed by atoms with Crippen molar-refractivity contribution in [1.29, 1.82) is 0 Å². The number of rotatable bonds is 7. The number of halogens is 1. The summed E-state index contributed by atoms with van der Waals surface area (Å²) in [4.78, 5) is 2.13. The van der Waals surface area contributed by atoms with E-state index in [4.69, 9.17) is 5.73 Å². The summed E-state index contributed by atoms with van der Waals surface area (Å²) >= 11 is 1.83. The predicted molar refractivity (Wildman–Crippen MR) is 73.8 cm³/mol. The minimum absolute atomic E-state index is 0.0296. The predicted octanol–water partition coefficient (Wildman–Crippen LogP) is 2.51. The van der Waals surface area contributed by atoms with Crippen molar-refractivity contribution >= 4 is 11.8 Å². The van der Waals surface area contributed by atoms with Crippen LogP contribution in [0.2, 0.25) is 0 Å². The summed E-state index contributed by atoms with van der Waals surface area (Å²) in [5.41, 5.74) is 6.46. The molecule has 0 aromatic heterocycles. The molecule has 4 heteroatoms. The molecule has 0 fully saturated rings. The molecular weight excluding hydrogens is 235 g/mol. The lowest BCUT2D eigenvalue weighted by atomic mass is 10.1. The lowest BCUT2D eigenvalue weighted by Crippen LogP contribution is -2.32. The third-order valence-corrected chi connectivity index (χ3v) is 3.58. The maximum atomic E-state index is 13.7. The second kappa shape index (κ2) is 7.69. The molecule has 0 saturated carbocycles. The van der Waals surface area contributed by atoms with Crippen LogP contribution in [-0.4, -0.2) is 37.0 Å². The van der Waals surface area contributed by atoms with Crippen molar-refractivity contribution < 1.29 is 4.39 Å². The Balaban J connectivity index is 2.67. The Bertz CT molecular complexity index is 333. The number of hydrogen-bond donors (Lipinski definition) is 1. The van der Waals surface area contributed by atoms with Crippen molar-refractivity contribution in [3.05, 3.63) is 35.6 Å². The van der Waals surface area contributed by atoms with Gasteiger partial charge in [-0.2, -0.15) is 11.8 Å². The third kappa shape index (κ3) is 4.30. The quantitative estimate of drug-likeness (QED) is 0.760. The van der Waals surface area contributed by atoms with E-state index < -0.39 is 0 Å². The molecule has 1 atom stereocenters. The maximum absolute atomic E-state index is 13.7. The summed E-state index contributed by atoms with van der Waals surface area (Å²) in [5, 5.41) is 0. The van der Waals surface area contributed by atoms with Gasteiger partial charge in [-0.3, -0.25) is 4.90 Å². The molecule has 0 aliphatic carbocycles. The molecule has 0 heterocycles. The highest BCUT2D eigenvalue weighted by atomic mass is 32.2. The fraction of sp³-hybridized carbons (Fsp3) is 0.538. The van der Waals surface area contributed by atoms with Gasteiger partial charge in [0.2, 0.25) is 0 Å². The summed E-state index contributed by atoms with van der Waals surface area (Å²) in [7, 11) is 2.00. The summed E-state index contributed by atoms with van der Waals surface area (Å²) in [6, 6.07) is 6.85. The van der Waals surface area contributed by atoms with Gasteiger partial charge in [-0.25, -0.2) is 4.39 Å². The minimum atomic E-state index is -0.167. The van der Waals surface area contributed by atoms with Crippen LogP contribution < -0.4 is 5.73 Å². The summed E-state index contributed by atoms with van der Waals surface area (Å²) < 4.78 is 13.7. The highest BCUT2D eigenvalue weighted by Gasteiger charge is 2.17. The van der Waals surface area contributed by atoms with E-state index >= 15 is 0 Å². The SMILES string of the molecule is CSCCCN(C)C(CN)c1ccccc1F. The van der Waals surface area contributed by atoms with Gasteiger partial charge in [0, 0.05) is 18.2 Å². The van der Waals surface area contributed by atoms with Crippen LogP contribution in [0.4, 0.5) is 4.39 Å². The monoisotopic (exact) mass is 256 g/mol. The fourth-order valence-electron chi connectivity index (χ4n) is 1.90. The second-order valence-electron chi connectivity index (χ2n) is 4.10. The van der Waals surface area contributed by atoms with Crippen LogP contribution >= 0.6 is 11.8 Å². The van der Waals surface area contributed by atoms with Gasteiger partial charge >= 0.3 is 0 Å². The van der Waals surface area contributed by atoms with Crippen molar-refractivity contribution in [3.63, 3.8) is 0 Å². The molecule has 1 unspecified atom stereocenters. The molecular formula is C13H21FN2S. The Kier molecular flexibility index (Phi) is 6.55. The van der Waals surface area contributed by atoms with Crippen LogP contribution in [0.3, 0.4) is 0 Å². The Morgan fingerprint density at radius 1 is 1.41 bits per heavy atom. The molecule has 17 heavy (non-hydrogen) atoms. The van der Waals surface area contributed by atoms with Crippen LogP contribution in [0.25, 0.3) is 0 Å². The zero-order chi connectivity index (χ0) is 12.7. The lowest BCUT2D eigenvalue weighted by molar-refractivity contribution is 0.246. The number of nitrogens with zero attached hydrogens (tertiary/aromatic N) is 1. The van der Waals surface area contributed by atoms with Gasteiger partial charge in [0.1, 0.15) is 5.82 Å². The Labute approximate surface area is 107 Å². The maximum Gasteiger partial charge on any atom is 0.128 e. The van der Waals surface area contributed by atoms with Gasteiger partial charge in [-0.15, -0.1) is 0 Å². The van der Waals surface area contributed by atoms with Crippen LogP contribution in [0, 0.1) is 5.82 Å². The molecule has 96 valence electrons. The van der Waals surface area contributed by atoms with Gasteiger partial charge in [0.05, 0.1) is 0 Å². The number of likely N-dealkylation sites (N-methyl/N-ethyl adjacent to an activating group) is 1. The second-order valence-corrected chi connectivity index (χ2v) is 5.09. The number of hydrogen-bond acceptors (Lipinski definition) is 3. The van der Waals surface area contributed by atoms with E-state index in [-0.39, 0.29) is 11.9 Å². The van der Waals surface area contributed by atoms with Gasteiger partial charge in [0.15, 0.2) is 0 Å². The van der Waals surface area contributed by atoms with E-state index in [1.807, 2.05) is 30.9 Å². The molecule has 0 radical (unpaired) electrons. The molecule has 0 saturated heterocycles. The van der Waals surface area contributed by atoms with Crippen molar-refractivity contribution in [2.24, 2.45) is 5.73 Å². The average Bonchev–Trinajstić information content (AvgIpc) is 2.33. The largest absolute Gasteiger partial charge is 0.329 e. The first-order valence-corrected chi connectivity index (χ1v) is 7.23. The molecule has 0 spiro atoms. The zero-order valence-corrected chi connectivity index (χ0v) is 11.3. The normalized spacial score (nSPS) is 13.0. The van der Waals surface area contributed by atoms with Crippen molar-refractivity contribution in [2.45, 2.75) is 12.5 Å². The molecule has 1 aromatic carbocycles. The number of benzene rings is 1. The van der Waals surface area contributed by atoms with Crippen LogP contribution in [0.5, 0.6) is 0 Å². The first-order chi connectivity index (χ1) is 8.20. The molecule has 0 aliphatic heterocycles. The minimum Gasteiger partial charge on any atom is -0.329 e. The fourth-order valence-corrected chi connectivity index (χ4v) is 2.32. The van der Waals surface area contributed by atoms with E-state index in [1.54, 1.807) is 6.07 Å². The van der Waals surface area contributed by atoms with Crippen molar-refractivity contribution in [2.75, 3.05) is 32.1 Å². The zero-order valence-electron chi connectivity index (χ0n) is 10.5. The van der Waals surface area contributed by atoms with Crippen LogP contribution in [0.1, 0.15) is 18.0 Å². The average molecular weight is 256 g/mol. The molecule has 0 amide bonds. The standard InChI is InChI=1S/C13H21FN2S/c1-16(8-5-9-17-2)13(10-15)11-6-3-4-7-12(11)14/h3-4,6-7,13H,5,8-10,15H2,1-2H3. The Morgan fingerprint density at radius 2 is 2.12 bits per heavy atom. The first kappa shape index (κ1) is 14.5. The van der Waals surface area contributed by atoms with Gasteiger partial charge in [-0.05, 0) is 38.1 Å². The molecule has 2 nitrogen and oxygen atoms in total. The number of nitrogens with two attached hydrogens (primary N) is 1. The molecule has 2 N–H and O–H groups in total. The highest BCUT2D eigenvalue weighted by Crippen LogP contribution is 2.21. The lowest BCUT2D eigenvalue weighted by Gasteiger charge is -2.27. The van der Waals surface area contributed by atoms with E-state index in [1.165, 1.54) is 6.07 Å². The van der Waals surface area contributed by atoms with Gasteiger partial charge < -0.3 is 5.73 Å². The molecule has 0 aliphatic rings. The molecule has 0 bridgehead atoms. The Hall–Kier alpha value is -0.580. The van der Waals surface area contributed by atoms with E-state index in [0.29, 0.717) is 12.1 Å². The molecule has 1 aromatic rings. The summed E-state index contributed by atoms with van der Waals surface area (Å²) in [6.45, 7) is 1.38. The van der Waals surface area contributed by atoms with E-state index in [0.717, 1.165) is 18.7 Å². The van der Waals surface area contributed by atoms with Gasteiger partial charge in [-0.1, -0.05) is 18.2 Å². The Morgan fingerprint density at radius 3 is 2.71 bits per heavy atom. The summed E-state index contributed by atoms with van der Waals surface area (Å²) in [6.07, 6.45) is 3.19. The van der Waals surface area contributed by atoms with Crippen LogP contribution in [0.15, 0.2) is 24.3 Å². The topological polar surface area (TPSA) is 29.3 Å². The van der Waals surface area contributed by atoms with Gasteiger partial charge in [0.25, 0.3) is 0 Å². The number of thioether (sulfide) groups is 1. The van der Waals surface area contributed by atoms with E-state index in [2.05, 4.69) is 11.2 Å². The first-order valence-electron chi connectivity index (χ1n) is 5.84. The molecule has 1 rings (SSSR count). The third-order valence-electron chi connectivity index (χ3n) is 2.88. The summed E-state index contributed by atoms with van der Waals surface area (Å²) in [5.74, 6) is 0.957. The van der Waals surface area contributed by atoms with Crippen molar-refractivity contribution in [3.8, 4) is 0 Å². The smallest absolute Gasteiger partial charge is 0.128 e.